The Kier molecular flexibility index (Phi) is 3.96. The molecule has 0 bridgehead atoms. The Morgan fingerprint density at radius 2 is 2.06 bits per heavy atom. The van der Waals surface area contributed by atoms with Gasteiger partial charge < -0.3 is 10.0 Å². The SMILES string of the molecule is CC(O)c1ccn(CCN2CCCCC2)n1. The summed E-state index contributed by atoms with van der Waals surface area (Å²) in [5.41, 5.74) is 0.763. The number of aliphatic hydroxyl groups is 1. The van der Waals surface area contributed by atoms with Crippen molar-refractivity contribution >= 4 is 0 Å². The van der Waals surface area contributed by atoms with E-state index in [1.54, 1.807) is 6.92 Å². The van der Waals surface area contributed by atoms with Gasteiger partial charge in [0.15, 0.2) is 0 Å². The first kappa shape index (κ1) is 11.6. The zero-order valence-electron chi connectivity index (χ0n) is 9.97. The second-order valence-corrected chi connectivity index (χ2v) is 4.58. The molecule has 0 aliphatic carbocycles. The average Bonchev–Trinajstić information content (AvgIpc) is 2.76. The van der Waals surface area contributed by atoms with E-state index < -0.39 is 6.10 Å². The molecule has 1 aromatic heterocycles. The van der Waals surface area contributed by atoms with Crippen LogP contribution in [0, 0.1) is 0 Å². The lowest BCUT2D eigenvalue weighted by atomic mass is 10.1. The first-order chi connectivity index (χ1) is 7.75. The molecular weight excluding hydrogens is 202 g/mol. The molecule has 1 atom stereocenters. The van der Waals surface area contributed by atoms with Crippen molar-refractivity contribution < 1.29 is 5.11 Å². The van der Waals surface area contributed by atoms with Crippen molar-refractivity contribution in [2.75, 3.05) is 19.6 Å². The maximum absolute atomic E-state index is 9.37. The lowest BCUT2D eigenvalue weighted by Crippen LogP contribution is -2.32. The van der Waals surface area contributed by atoms with Gasteiger partial charge in [-0.3, -0.25) is 4.68 Å². The van der Waals surface area contributed by atoms with Crippen LogP contribution in [-0.4, -0.2) is 39.4 Å². The van der Waals surface area contributed by atoms with Crippen LogP contribution in [0.3, 0.4) is 0 Å². The number of likely N-dealkylation sites (tertiary alicyclic amines) is 1. The second-order valence-electron chi connectivity index (χ2n) is 4.58. The molecule has 4 nitrogen and oxygen atoms in total. The molecule has 0 radical (unpaired) electrons. The summed E-state index contributed by atoms with van der Waals surface area (Å²) in [4.78, 5) is 2.49. The van der Waals surface area contributed by atoms with Crippen LogP contribution < -0.4 is 0 Å². The van der Waals surface area contributed by atoms with Crippen LogP contribution in [0.15, 0.2) is 12.3 Å². The zero-order valence-corrected chi connectivity index (χ0v) is 9.97. The normalized spacial score (nSPS) is 19.9. The van der Waals surface area contributed by atoms with Gasteiger partial charge in [0.25, 0.3) is 0 Å². The number of aliphatic hydroxyl groups excluding tert-OH is 1. The van der Waals surface area contributed by atoms with Crippen molar-refractivity contribution in [3.63, 3.8) is 0 Å². The molecule has 2 rings (SSSR count). The van der Waals surface area contributed by atoms with Crippen molar-refractivity contribution in [3.05, 3.63) is 18.0 Å². The van der Waals surface area contributed by atoms with Crippen molar-refractivity contribution in [1.29, 1.82) is 0 Å². The molecule has 0 saturated carbocycles. The molecular formula is C12H21N3O. The Labute approximate surface area is 96.9 Å². The van der Waals surface area contributed by atoms with Crippen LogP contribution in [0.5, 0.6) is 0 Å². The number of hydrogen-bond donors (Lipinski definition) is 1. The largest absolute Gasteiger partial charge is 0.387 e. The van der Waals surface area contributed by atoms with E-state index in [2.05, 4.69) is 10.00 Å². The van der Waals surface area contributed by atoms with E-state index in [1.807, 2.05) is 16.9 Å². The van der Waals surface area contributed by atoms with Gasteiger partial charge in [-0.05, 0) is 38.9 Å². The van der Waals surface area contributed by atoms with E-state index in [0.29, 0.717) is 0 Å². The molecule has 1 N–H and O–H groups in total. The van der Waals surface area contributed by atoms with E-state index in [0.717, 1.165) is 18.8 Å². The van der Waals surface area contributed by atoms with Crippen LogP contribution in [0.1, 0.15) is 38.0 Å². The van der Waals surface area contributed by atoms with Crippen LogP contribution in [0.25, 0.3) is 0 Å². The van der Waals surface area contributed by atoms with Gasteiger partial charge in [0.05, 0.1) is 18.3 Å². The molecule has 16 heavy (non-hydrogen) atoms. The molecule has 1 saturated heterocycles. The molecule has 1 aromatic rings. The highest BCUT2D eigenvalue weighted by molar-refractivity contribution is 5.01. The second kappa shape index (κ2) is 5.46. The molecule has 1 aliphatic rings. The fourth-order valence-corrected chi connectivity index (χ4v) is 2.15. The molecule has 1 unspecified atom stereocenters. The topological polar surface area (TPSA) is 41.3 Å². The van der Waals surface area contributed by atoms with Crippen molar-refractivity contribution in [3.8, 4) is 0 Å². The highest BCUT2D eigenvalue weighted by Gasteiger charge is 2.10. The zero-order chi connectivity index (χ0) is 11.4. The van der Waals surface area contributed by atoms with Gasteiger partial charge in [-0.1, -0.05) is 6.42 Å². The summed E-state index contributed by atoms with van der Waals surface area (Å²) in [7, 11) is 0. The minimum absolute atomic E-state index is 0.462. The summed E-state index contributed by atoms with van der Waals surface area (Å²) in [6.45, 7) is 6.19. The number of rotatable bonds is 4. The molecule has 2 heterocycles. The molecule has 4 heteroatoms. The lowest BCUT2D eigenvalue weighted by Gasteiger charge is -2.26. The van der Waals surface area contributed by atoms with Gasteiger partial charge in [-0.15, -0.1) is 0 Å². The smallest absolute Gasteiger partial charge is 0.0950 e. The predicted octanol–water partition coefficient (Wildman–Crippen LogP) is 1.42. The molecule has 1 fully saturated rings. The number of nitrogens with zero attached hydrogens (tertiary/aromatic N) is 3. The first-order valence-electron chi connectivity index (χ1n) is 6.19. The minimum atomic E-state index is -0.462. The van der Waals surface area contributed by atoms with Crippen molar-refractivity contribution in [1.82, 2.24) is 14.7 Å². The average molecular weight is 223 g/mol. The van der Waals surface area contributed by atoms with E-state index in [9.17, 15) is 5.11 Å². The fraction of sp³-hybridized carbons (Fsp3) is 0.750. The summed E-state index contributed by atoms with van der Waals surface area (Å²) in [6.07, 6.45) is 5.53. The van der Waals surface area contributed by atoms with Gasteiger partial charge in [0.1, 0.15) is 0 Å². The van der Waals surface area contributed by atoms with Gasteiger partial charge in [-0.2, -0.15) is 5.10 Å². The maximum Gasteiger partial charge on any atom is 0.0950 e. The maximum atomic E-state index is 9.37. The Bertz CT molecular complexity index is 316. The Hall–Kier alpha value is -0.870. The molecule has 0 spiro atoms. The third kappa shape index (κ3) is 3.06. The van der Waals surface area contributed by atoms with Gasteiger partial charge >= 0.3 is 0 Å². The lowest BCUT2D eigenvalue weighted by molar-refractivity contribution is 0.191. The standard InChI is InChI=1S/C12H21N3O/c1-11(16)12-5-8-15(13-12)10-9-14-6-3-2-4-7-14/h5,8,11,16H,2-4,6-7,9-10H2,1H3. The molecule has 0 amide bonds. The predicted molar refractivity (Wildman–Crippen MR) is 63.2 cm³/mol. The Morgan fingerprint density at radius 3 is 2.69 bits per heavy atom. The summed E-state index contributed by atoms with van der Waals surface area (Å²) < 4.78 is 1.93. The number of hydrogen-bond acceptors (Lipinski definition) is 3. The molecule has 1 aliphatic heterocycles. The monoisotopic (exact) mass is 223 g/mol. The fourth-order valence-electron chi connectivity index (χ4n) is 2.15. The van der Waals surface area contributed by atoms with Gasteiger partial charge in [-0.25, -0.2) is 0 Å². The summed E-state index contributed by atoms with van der Waals surface area (Å²) in [5.74, 6) is 0. The minimum Gasteiger partial charge on any atom is -0.387 e. The van der Waals surface area contributed by atoms with Crippen molar-refractivity contribution in [2.45, 2.75) is 38.8 Å². The van der Waals surface area contributed by atoms with Crippen LogP contribution in [0.2, 0.25) is 0 Å². The molecule has 0 aromatic carbocycles. The summed E-state index contributed by atoms with van der Waals surface area (Å²) in [5, 5.41) is 13.7. The highest BCUT2D eigenvalue weighted by atomic mass is 16.3. The highest BCUT2D eigenvalue weighted by Crippen LogP contribution is 2.10. The number of aromatic nitrogens is 2. The van der Waals surface area contributed by atoms with Crippen LogP contribution in [0.4, 0.5) is 0 Å². The Morgan fingerprint density at radius 1 is 1.31 bits per heavy atom. The van der Waals surface area contributed by atoms with E-state index in [-0.39, 0.29) is 0 Å². The Balaban J connectivity index is 1.79. The van der Waals surface area contributed by atoms with E-state index in [4.69, 9.17) is 0 Å². The van der Waals surface area contributed by atoms with Crippen molar-refractivity contribution in [2.24, 2.45) is 0 Å². The van der Waals surface area contributed by atoms with Crippen LogP contribution in [-0.2, 0) is 6.54 Å². The van der Waals surface area contributed by atoms with Crippen LogP contribution >= 0.6 is 0 Å². The summed E-state index contributed by atoms with van der Waals surface area (Å²) >= 11 is 0. The third-order valence-electron chi connectivity index (χ3n) is 3.18. The van der Waals surface area contributed by atoms with E-state index in [1.165, 1.54) is 32.4 Å². The summed E-state index contributed by atoms with van der Waals surface area (Å²) in [6, 6.07) is 1.89. The third-order valence-corrected chi connectivity index (χ3v) is 3.18. The van der Waals surface area contributed by atoms with Gasteiger partial charge in [0.2, 0.25) is 0 Å². The molecule has 90 valence electrons. The quantitative estimate of drug-likeness (QED) is 0.839. The first-order valence-corrected chi connectivity index (χ1v) is 6.19. The van der Waals surface area contributed by atoms with Gasteiger partial charge in [0, 0.05) is 12.7 Å². The van der Waals surface area contributed by atoms with E-state index >= 15 is 0 Å². The number of piperidine rings is 1.